The summed E-state index contributed by atoms with van der Waals surface area (Å²) in [6.07, 6.45) is 3.70. The monoisotopic (exact) mass is 311 g/mol. The summed E-state index contributed by atoms with van der Waals surface area (Å²) < 4.78 is 6.93. The first-order chi connectivity index (χ1) is 11.1. The van der Waals surface area contributed by atoms with E-state index < -0.39 is 6.10 Å². The zero-order valence-electron chi connectivity index (χ0n) is 12.7. The van der Waals surface area contributed by atoms with Gasteiger partial charge in [-0.1, -0.05) is 12.1 Å². The van der Waals surface area contributed by atoms with Crippen LogP contribution < -0.4 is 10.3 Å². The fourth-order valence-corrected chi connectivity index (χ4v) is 2.32. The van der Waals surface area contributed by atoms with E-state index in [1.165, 1.54) is 10.9 Å². The minimum atomic E-state index is -0.811. The molecule has 118 valence electrons. The molecule has 2 heterocycles. The number of nitrogens with zero attached hydrogens (tertiary/aromatic N) is 3. The Morgan fingerprint density at radius 1 is 1.35 bits per heavy atom. The Morgan fingerprint density at radius 2 is 2.22 bits per heavy atom. The molecule has 23 heavy (non-hydrogen) atoms. The van der Waals surface area contributed by atoms with E-state index in [4.69, 9.17) is 4.74 Å². The van der Waals surface area contributed by atoms with Gasteiger partial charge in [-0.05, 0) is 30.7 Å². The summed E-state index contributed by atoms with van der Waals surface area (Å²) in [5.74, 6) is 0.694. The van der Waals surface area contributed by atoms with E-state index in [2.05, 4.69) is 9.97 Å². The normalized spacial score (nSPS) is 12.3. The summed E-state index contributed by atoms with van der Waals surface area (Å²) in [6, 6.07) is 9.21. The highest BCUT2D eigenvalue weighted by atomic mass is 16.5. The second-order valence-corrected chi connectivity index (χ2v) is 5.38. The van der Waals surface area contributed by atoms with Crippen molar-refractivity contribution in [3.63, 3.8) is 0 Å². The quantitative estimate of drug-likeness (QED) is 0.773. The molecule has 0 fully saturated rings. The van der Waals surface area contributed by atoms with Gasteiger partial charge in [0.05, 0.1) is 30.0 Å². The van der Waals surface area contributed by atoms with Crippen LogP contribution in [0.25, 0.3) is 10.9 Å². The Labute approximate surface area is 133 Å². The Morgan fingerprint density at radius 3 is 3.04 bits per heavy atom. The number of aromatic nitrogens is 3. The van der Waals surface area contributed by atoms with Gasteiger partial charge in [0.2, 0.25) is 0 Å². The molecule has 0 radical (unpaired) electrons. The minimum Gasteiger partial charge on any atom is -0.491 e. The van der Waals surface area contributed by atoms with Crippen LogP contribution in [0.3, 0.4) is 0 Å². The Bertz CT molecular complexity index is 876. The van der Waals surface area contributed by atoms with Crippen LogP contribution in [0.4, 0.5) is 0 Å². The standard InChI is InChI=1S/C17H17N3O3/c1-12-3-2-4-14(7-12)23-10-13(21)9-20-11-19-16-8-18-6-5-15(16)17(20)22/h2-8,11,13,21H,9-10H2,1H3. The number of aryl methyl sites for hydroxylation is 1. The zero-order chi connectivity index (χ0) is 16.2. The van der Waals surface area contributed by atoms with Crippen LogP contribution in [0.1, 0.15) is 5.56 Å². The highest BCUT2D eigenvalue weighted by molar-refractivity contribution is 5.75. The molecule has 3 rings (SSSR count). The molecule has 0 saturated heterocycles. The second kappa shape index (κ2) is 6.58. The van der Waals surface area contributed by atoms with Gasteiger partial charge in [-0.15, -0.1) is 0 Å². The van der Waals surface area contributed by atoms with Gasteiger partial charge in [-0.25, -0.2) is 4.98 Å². The van der Waals surface area contributed by atoms with Crippen molar-refractivity contribution in [3.05, 3.63) is 65.0 Å². The van der Waals surface area contributed by atoms with Gasteiger partial charge in [0.25, 0.3) is 5.56 Å². The van der Waals surface area contributed by atoms with Gasteiger partial charge in [0, 0.05) is 6.20 Å². The molecule has 0 saturated carbocycles. The van der Waals surface area contributed by atoms with Crippen LogP contribution in [0, 0.1) is 6.92 Å². The second-order valence-electron chi connectivity index (χ2n) is 5.38. The molecule has 1 atom stereocenters. The maximum absolute atomic E-state index is 12.3. The molecular formula is C17H17N3O3. The van der Waals surface area contributed by atoms with Crippen molar-refractivity contribution >= 4 is 10.9 Å². The minimum absolute atomic E-state index is 0.101. The molecule has 6 heteroatoms. The van der Waals surface area contributed by atoms with Gasteiger partial charge < -0.3 is 9.84 Å². The Balaban J connectivity index is 1.69. The van der Waals surface area contributed by atoms with Gasteiger partial charge in [0.1, 0.15) is 18.5 Å². The number of ether oxygens (including phenoxy) is 1. The fraction of sp³-hybridized carbons (Fsp3) is 0.235. The van der Waals surface area contributed by atoms with Gasteiger partial charge in [-0.3, -0.25) is 14.3 Å². The van der Waals surface area contributed by atoms with Crippen LogP contribution in [-0.2, 0) is 6.54 Å². The largest absolute Gasteiger partial charge is 0.491 e. The number of pyridine rings is 1. The van der Waals surface area contributed by atoms with E-state index in [0.717, 1.165) is 5.56 Å². The molecule has 0 aliphatic rings. The summed E-state index contributed by atoms with van der Waals surface area (Å²) in [7, 11) is 0. The van der Waals surface area contributed by atoms with E-state index >= 15 is 0 Å². The molecule has 0 bridgehead atoms. The van der Waals surface area contributed by atoms with Crippen LogP contribution >= 0.6 is 0 Å². The van der Waals surface area contributed by atoms with Crippen LogP contribution in [-0.4, -0.2) is 32.4 Å². The maximum Gasteiger partial charge on any atom is 0.261 e. The lowest BCUT2D eigenvalue weighted by atomic mass is 10.2. The molecule has 0 spiro atoms. The van der Waals surface area contributed by atoms with Crippen LogP contribution in [0.2, 0.25) is 0 Å². The van der Waals surface area contributed by atoms with E-state index in [-0.39, 0.29) is 18.7 Å². The van der Waals surface area contributed by atoms with Gasteiger partial charge >= 0.3 is 0 Å². The third-order valence-corrected chi connectivity index (χ3v) is 3.47. The number of aliphatic hydroxyl groups is 1. The Kier molecular flexibility index (Phi) is 4.34. The molecule has 0 aliphatic heterocycles. The predicted molar refractivity (Wildman–Crippen MR) is 86.5 cm³/mol. The van der Waals surface area contributed by atoms with E-state index in [1.807, 2.05) is 31.2 Å². The van der Waals surface area contributed by atoms with E-state index in [9.17, 15) is 9.90 Å². The van der Waals surface area contributed by atoms with Crippen LogP contribution in [0.15, 0.2) is 53.8 Å². The summed E-state index contributed by atoms with van der Waals surface area (Å²) in [5.41, 5.74) is 1.42. The number of fused-ring (bicyclic) bond motifs is 1. The van der Waals surface area contributed by atoms with Crippen molar-refractivity contribution in [2.24, 2.45) is 0 Å². The number of aliphatic hydroxyl groups excluding tert-OH is 1. The topological polar surface area (TPSA) is 77.2 Å². The first-order valence-electron chi connectivity index (χ1n) is 7.30. The van der Waals surface area contributed by atoms with E-state index in [0.29, 0.717) is 16.7 Å². The lowest BCUT2D eigenvalue weighted by Crippen LogP contribution is -2.30. The summed E-state index contributed by atoms with van der Waals surface area (Å²) in [4.78, 5) is 20.4. The number of hydrogen-bond donors (Lipinski definition) is 1. The highest BCUT2D eigenvalue weighted by Crippen LogP contribution is 2.12. The van der Waals surface area contributed by atoms with Crippen molar-refractivity contribution in [3.8, 4) is 5.75 Å². The summed E-state index contributed by atoms with van der Waals surface area (Å²) in [6.45, 7) is 2.19. The molecule has 1 N–H and O–H groups in total. The average molecular weight is 311 g/mol. The first kappa shape index (κ1) is 15.2. The molecule has 6 nitrogen and oxygen atoms in total. The van der Waals surface area contributed by atoms with Crippen molar-refractivity contribution in [1.29, 1.82) is 0 Å². The van der Waals surface area contributed by atoms with Gasteiger partial charge in [0.15, 0.2) is 0 Å². The van der Waals surface area contributed by atoms with Crippen molar-refractivity contribution in [1.82, 2.24) is 14.5 Å². The average Bonchev–Trinajstić information content (AvgIpc) is 2.56. The summed E-state index contributed by atoms with van der Waals surface area (Å²) in [5, 5.41) is 10.6. The van der Waals surface area contributed by atoms with E-state index in [1.54, 1.807) is 18.5 Å². The SMILES string of the molecule is Cc1cccc(OCC(O)Cn2cnc3cnccc3c2=O)c1. The highest BCUT2D eigenvalue weighted by Gasteiger charge is 2.10. The first-order valence-corrected chi connectivity index (χ1v) is 7.30. The smallest absolute Gasteiger partial charge is 0.261 e. The maximum atomic E-state index is 12.3. The van der Waals surface area contributed by atoms with Crippen LogP contribution in [0.5, 0.6) is 5.75 Å². The van der Waals surface area contributed by atoms with Crippen molar-refractivity contribution in [2.45, 2.75) is 19.6 Å². The molecule has 1 unspecified atom stereocenters. The predicted octanol–water partition coefficient (Wildman–Crippen LogP) is 1.54. The lowest BCUT2D eigenvalue weighted by Gasteiger charge is -2.14. The third-order valence-electron chi connectivity index (χ3n) is 3.47. The van der Waals surface area contributed by atoms with Gasteiger partial charge in [-0.2, -0.15) is 0 Å². The zero-order valence-corrected chi connectivity index (χ0v) is 12.7. The number of hydrogen-bond acceptors (Lipinski definition) is 5. The third kappa shape index (κ3) is 3.54. The molecule has 1 aromatic carbocycles. The number of benzene rings is 1. The lowest BCUT2D eigenvalue weighted by molar-refractivity contribution is 0.0914. The molecule has 2 aromatic heterocycles. The molecule has 0 amide bonds. The van der Waals surface area contributed by atoms with Crippen molar-refractivity contribution in [2.75, 3.05) is 6.61 Å². The van der Waals surface area contributed by atoms with Crippen molar-refractivity contribution < 1.29 is 9.84 Å². The summed E-state index contributed by atoms with van der Waals surface area (Å²) >= 11 is 0. The Hall–Kier alpha value is -2.73. The molecule has 3 aromatic rings. The number of rotatable bonds is 5. The molecule has 0 aliphatic carbocycles. The fourth-order valence-electron chi connectivity index (χ4n) is 2.32. The molecular weight excluding hydrogens is 294 g/mol.